The van der Waals surface area contributed by atoms with Crippen molar-refractivity contribution >= 4 is 11.7 Å². The molecule has 0 bridgehead atoms. The number of amides is 1. The van der Waals surface area contributed by atoms with E-state index in [4.69, 9.17) is 0 Å². The maximum Gasteiger partial charge on any atom is 0.224 e. The smallest absolute Gasteiger partial charge is 0.224 e. The van der Waals surface area contributed by atoms with Crippen LogP contribution in [0.4, 0.5) is 0 Å². The van der Waals surface area contributed by atoms with Crippen molar-refractivity contribution < 1.29 is 9.59 Å². The van der Waals surface area contributed by atoms with Gasteiger partial charge in [0.25, 0.3) is 0 Å². The predicted octanol–water partition coefficient (Wildman–Crippen LogP) is 3.96. The molecule has 2 unspecified atom stereocenters. The van der Waals surface area contributed by atoms with Crippen molar-refractivity contribution in [3.05, 3.63) is 71.3 Å². The van der Waals surface area contributed by atoms with Gasteiger partial charge in [-0.3, -0.25) is 14.5 Å². The number of aryl methyl sites for hydroxylation is 1. The Hall–Kier alpha value is -2.46. The summed E-state index contributed by atoms with van der Waals surface area (Å²) in [6.45, 7) is 3.75. The molecule has 2 atom stereocenters. The van der Waals surface area contributed by atoms with Gasteiger partial charge in [0.2, 0.25) is 5.91 Å². The van der Waals surface area contributed by atoms with E-state index in [1.54, 1.807) is 0 Å². The zero-order valence-electron chi connectivity index (χ0n) is 15.8. The number of carbonyl (C=O) groups excluding carboxylic acids is 2. The number of nitrogens with zero attached hydrogens (tertiary/aromatic N) is 2. The van der Waals surface area contributed by atoms with Crippen molar-refractivity contribution in [3.8, 4) is 0 Å². The highest BCUT2D eigenvalue weighted by Crippen LogP contribution is 2.39. The summed E-state index contributed by atoms with van der Waals surface area (Å²) in [5.41, 5.74) is 2.87. The summed E-state index contributed by atoms with van der Waals surface area (Å²) < 4.78 is 0. The Balaban J connectivity index is 1.47. The van der Waals surface area contributed by atoms with E-state index in [-0.39, 0.29) is 30.7 Å². The molecular formula is C23H26N2O2. The monoisotopic (exact) mass is 362 g/mol. The van der Waals surface area contributed by atoms with Gasteiger partial charge >= 0.3 is 0 Å². The fourth-order valence-electron chi connectivity index (χ4n) is 4.50. The zero-order chi connectivity index (χ0) is 18.8. The van der Waals surface area contributed by atoms with Crippen molar-refractivity contribution in [1.82, 2.24) is 9.80 Å². The molecule has 2 saturated heterocycles. The molecule has 2 aromatic carbocycles. The Kier molecular flexibility index (Phi) is 5.08. The van der Waals surface area contributed by atoms with E-state index in [1.165, 1.54) is 12.0 Å². The first-order valence-corrected chi connectivity index (χ1v) is 9.84. The maximum absolute atomic E-state index is 13.0. The number of fused-ring (bicyclic) bond motifs is 1. The highest BCUT2D eigenvalue weighted by atomic mass is 16.2. The largest absolute Gasteiger partial charge is 0.321 e. The van der Waals surface area contributed by atoms with E-state index in [0.717, 1.165) is 30.6 Å². The second kappa shape index (κ2) is 7.65. The van der Waals surface area contributed by atoms with Gasteiger partial charge in [0.15, 0.2) is 5.78 Å². The van der Waals surface area contributed by atoms with Crippen molar-refractivity contribution in [2.24, 2.45) is 0 Å². The van der Waals surface area contributed by atoms with Gasteiger partial charge in [-0.25, -0.2) is 0 Å². The van der Waals surface area contributed by atoms with Crippen LogP contribution in [0.25, 0.3) is 0 Å². The molecule has 4 rings (SSSR count). The number of hydrogen-bond acceptors (Lipinski definition) is 3. The van der Waals surface area contributed by atoms with Gasteiger partial charge in [0.05, 0.1) is 0 Å². The lowest BCUT2D eigenvalue weighted by molar-refractivity contribution is -0.133. The molecule has 0 aliphatic carbocycles. The third-order valence-corrected chi connectivity index (χ3v) is 5.87. The van der Waals surface area contributed by atoms with Crippen LogP contribution in [0.15, 0.2) is 54.6 Å². The normalized spacial score (nSPS) is 22.0. The SMILES string of the molecule is Cc1ccccc1C(=O)CCC(=O)N1CC2CCCN2C1c1ccccc1. The Morgan fingerprint density at radius 1 is 1.00 bits per heavy atom. The summed E-state index contributed by atoms with van der Waals surface area (Å²) >= 11 is 0. The summed E-state index contributed by atoms with van der Waals surface area (Å²) in [4.78, 5) is 30.0. The first kappa shape index (κ1) is 17.9. The zero-order valence-corrected chi connectivity index (χ0v) is 15.8. The number of Topliss-reactive ketones (excluding diaryl/α,β-unsaturated/α-hetero) is 1. The van der Waals surface area contributed by atoms with E-state index in [2.05, 4.69) is 17.0 Å². The molecule has 2 fully saturated rings. The molecule has 27 heavy (non-hydrogen) atoms. The molecule has 2 heterocycles. The number of ketones is 1. The average molecular weight is 362 g/mol. The Bertz CT molecular complexity index is 833. The number of rotatable bonds is 5. The van der Waals surface area contributed by atoms with Crippen LogP contribution < -0.4 is 0 Å². The van der Waals surface area contributed by atoms with Crippen LogP contribution in [-0.4, -0.2) is 40.6 Å². The fourth-order valence-corrected chi connectivity index (χ4v) is 4.50. The molecule has 0 N–H and O–H groups in total. The molecule has 0 radical (unpaired) electrons. The molecule has 2 aliphatic rings. The topological polar surface area (TPSA) is 40.6 Å². The van der Waals surface area contributed by atoms with Crippen LogP contribution >= 0.6 is 0 Å². The fraction of sp³-hybridized carbons (Fsp3) is 0.391. The summed E-state index contributed by atoms with van der Waals surface area (Å²) in [6.07, 6.45) is 2.90. The molecule has 0 spiro atoms. The Morgan fingerprint density at radius 3 is 2.52 bits per heavy atom. The van der Waals surface area contributed by atoms with E-state index < -0.39 is 0 Å². The Labute approximate surface area is 160 Å². The highest BCUT2D eigenvalue weighted by Gasteiger charge is 2.44. The van der Waals surface area contributed by atoms with E-state index in [1.807, 2.05) is 54.3 Å². The minimum atomic E-state index is 0.0137. The second-order valence-corrected chi connectivity index (χ2v) is 7.60. The average Bonchev–Trinajstić information content (AvgIpc) is 3.28. The third kappa shape index (κ3) is 3.54. The molecule has 2 aliphatic heterocycles. The summed E-state index contributed by atoms with van der Waals surface area (Å²) in [6, 6.07) is 18.3. The predicted molar refractivity (Wildman–Crippen MR) is 105 cm³/mol. The molecule has 1 amide bonds. The molecule has 0 saturated carbocycles. The van der Waals surface area contributed by atoms with Crippen LogP contribution in [0.2, 0.25) is 0 Å². The third-order valence-electron chi connectivity index (χ3n) is 5.87. The summed E-state index contributed by atoms with van der Waals surface area (Å²) in [5, 5.41) is 0. The van der Waals surface area contributed by atoms with Gasteiger partial charge in [-0.1, -0.05) is 54.6 Å². The Morgan fingerprint density at radius 2 is 1.74 bits per heavy atom. The van der Waals surface area contributed by atoms with Crippen molar-refractivity contribution in [2.45, 2.75) is 44.8 Å². The standard InChI is InChI=1S/C23H26N2O2/c1-17-8-5-6-12-20(17)21(26)13-14-22(27)25-16-19-11-7-15-24(19)23(25)18-9-3-2-4-10-18/h2-6,8-10,12,19,23H,7,11,13-16H2,1H3. The van der Waals surface area contributed by atoms with E-state index in [9.17, 15) is 9.59 Å². The van der Waals surface area contributed by atoms with Crippen LogP contribution in [0, 0.1) is 6.92 Å². The lowest BCUT2D eigenvalue weighted by Gasteiger charge is -2.30. The van der Waals surface area contributed by atoms with Crippen LogP contribution in [0.3, 0.4) is 0 Å². The van der Waals surface area contributed by atoms with Gasteiger partial charge in [0, 0.05) is 37.5 Å². The maximum atomic E-state index is 13.0. The van der Waals surface area contributed by atoms with Gasteiger partial charge in [-0.15, -0.1) is 0 Å². The van der Waals surface area contributed by atoms with Crippen molar-refractivity contribution in [2.75, 3.05) is 13.1 Å². The lowest BCUT2D eigenvalue weighted by Crippen LogP contribution is -2.35. The first-order valence-electron chi connectivity index (χ1n) is 9.84. The molecule has 4 nitrogen and oxygen atoms in total. The molecule has 0 aromatic heterocycles. The summed E-state index contributed by atoms with van der Waals surface area (Å²) in [7, 11) is 0. The number of benzene rings is 2. The van der Waals surface area contributed by atoms with Crippen molar-refractivity contribution in [1.29, 1.82) is 0 Å². The number of hydrogen-bond donors (Lipinski definition) is 0. The van der Waals surface area contributed by atoms with Gasteiger partial charge < -0.3 is 4.90 Å². The highest BCUT2D eigenvalue weighted by molar-refractivity contribution is 5.99. The van der Waals surface area contributed by atoms with Gasteiger partial charge in [-0.05, 0) is 30.9 Å². The van der Waals surface area contributed by atoms with E-state index in [0.29, 0.717) is 6.04 Å². The molecule has 4 heteroatoms. The lowest BCUT2D eigenvalue weighted by atomic mass is 10.0. The van der Waals surface area contributed by atoms with Crippen LogP contribution in [-0.2, 0) is 4.79 Å². The molecule has 140 valence electrons. The minimum Gasteiger partial charge on any atom is -0.321 e. The molecule has 2 aromatic rings. The van der Waals surface area contributed by atoms with Gasteiger partial charge in [-0.2, -0.15) is 0 Å². The minimum absolute atomic E-state index is 0.0137. The quantitative estimate of drug-likeness (QED) is 0.756. The van der Waals surface area contributed by atoms with E-state index >= 15 is 0 Å². The van der Waals surface area contributed by atoms with Crippen molar-refractivity contribution in [3.63, 3.8) is 0 Å². The second-order valence-electron chi connectivity index (χ2n) is 7.60. The summed E-state index contributed by atoms with van der Waals surface area (Å²) in [5.74, 6) is 0.137. The first-order chi connectivity index (χ1) is 13.1. The van der Waals surface area contributed by atoms with Crippen LogP contribution in [0.1, 0.15) is 53.3 Å². The van der Waals surface area contributed by atoms with Crippen LogP contribution in [0.5, 0.6) is 0 Å². The van der Waals surface area contributed by atoms with Gasteiger partial charge in [0.1, 0.15) is 6.17 Å². The number of carbonyl (C=O) groups is 2. The molecular weight excluding hydrogens is 336 g/mol.